The summed E-state index contributed by atoms with van der Waals surface area (Å²) in [5.74, 6) is -0.620. The van der Waals surface area contributed by atoms with Crippen molar-refractivity contribution in [3.63, 3.8) is 0 Å². The third kappa shape index (κ3) is 6.60. The molecule has 1 N–H and O–H groups in total. The number of ether oxygens (including phenoxy) is 2. The largest absolute Gasteiger partial charge is 0.491 e. The Bertz CT molecular complexity index is 735. The summed E-state index contributed by atoms with van der Waals surface area (Å²) in [7, 11) is 0. The third-order valence-electron chi connectivity index (χ3n) is 3.78. The zero-order valence-corrected chi connectivity index (χ0v) is 15.1. The van der Waals surface area contributed by atoms with Crippen LogP contribution in [0.15, 0.2) is 54.6 Å². The first kappa shape index (κ1) is 20.8. The second kappa shape index (κ2) is 9.41. The highest BCUT2D eigenvalue weighted by Gasteiger charge is 2.34. The van der Waals surface area contributed by atoms with Crippen molar-refractivity contribution in [2.24, 2.45) is 0 Å². The van der Waals surface area contributed by atoms with E-state index in [4.69, 9.17) is 9.47 Å². The van der Waals surface area contributed by atoms with E-state index in [1.54, 1.807) is 13.8 Å². The van der Waals surface area contributed by atoms with Crippen LogP contribution in [0.5, 0.6) is 5.75 Å². The molecule has 0 bridgehead atoms. The van der Waals surface area contributed by atoms with Gasteiger partial charge in [0, 0.05) is 0 Å². The summed E-state index contributed by atoms with van der Waals surface area (Å²) in [5.41, 5.74) is 0.0976. The molecule has 0 fully saturated rings. The summed E-state index contributed by atoms with van der Waals surface area (Å²) in [6, 6.07) is 13.9. The van der Waals surface area contributed by atoms with E-state index in [9.17, 15) is 18.0 Å². The molecule has 0 aliphatic heterocycles. The Kier molecular flexibility index (Phi) is 7.24. The van der Waals surface area contributed by atoms with Gasteiger partial charge in [0.05, 0.1) is 18.2 Å². The van der Waals surface area contributed by atoms with Gasteiger partial charge < -0.3 is 14.8 Å². The van der Waals surface area contributed by atoms with Crippen molar-refractivity contribution >= 4 is 5.91 Å². The first-order chi connectivity index (χ1) is 12.8. The molecule has 0 aliphatic rings. The van der Waals surface area contributed by atoms with Gasteiger partial charge in [-0.25, -0.2) is 0 Å². The number of benzene rings is 2. The van der Waals surface area contributed by atoms with Gasteiger partial charge in [0.15, 0.2) is 0 Å². The first-order valence-electron chi connectivity index (χ1n) is 8.52. The highest BCUT2D eigenvalue weighted by molar-refractivity contribution is 5.80. The maximum atomic E-state index is 12.9. The van der Waals surface area contributed by atoms with Gasteiger partial charge in [0.1, 0.15) is 18.5 Å². The number of carbonyl (C=O) groups excluding carboxylic acids is 1. The highest BCUT2D eigenvalue weighted by atomic mass is 19.4. The van der Waals surface area contributed by atoms with E-state index in [2.05, 4.69) is 5.32 Å². The molecule has 2 atom stereocenters. The molecule has 7 heteroatoms. The Hall–Kier alpha value is -2.54. The predicted molar refractivity (Wildman–Crippen MR) is 95.2 cm³/mol. The Morgan fingerprint density at radius 2 is 1.67 bits per heavy atom. The van der Waals surface area contributed by atoms with Gasteiger partial charge in [0.2, 0.25) is 5.91 Å². The third-order valence-corrected chi connectivity index (χ3v) is 3.78. The minimum Gasteiger partial charge on any atom is -0.491 e. The summed E-state index contributed by atoms with van der Waals surface area (Å²) in [6.07, 6.45) is -5.20. The Labute approximate surface area is 156 Å². The predicted octanol–water partition coefficient (Wildman–Crippen LogP) is 4.19. The smallest absolute Gasteiger partial charge is 0.419 e. The average molecular weight is 381 g/mol. The molecular weight excluding hydrogens is 359 g/mol. The second-order valence-corrected chi connectivity index (χ2v) is 6.15. The van der Waals surface area contributed by atoms with Crippen LogP contribution in [0.25, 0.3) is 0 Å². The summed E-state index contributed by atoms with van der Waals surface area (Å²) >= 11 is 0. The lowest BCUT2D eigenvalue weighted by molar-refractivity contribution is -0.139. The molecular formula is C20H22F3NO3. The molecule has 0 aromatic heterocycles. The van der Waals surface area contributed by atoms with E-state index < -0.39 is 23.9 Å². The van der Waals surface area contributed by atoms with E-state index >= 15 is 0 Å². The van der Waals surface area contributed by atoms with Gasteiger partial charge in [-0.3, -0.25) is 4.79 Å². The molecule has 0 aliphatic carbocycles. The molecule has 146 valence electrons. The lowest BCUT2D eigenvalue weighted by Crippen LogP contribution is -2.42. The molecule has 0 heterocycles. The zero-order chi connectivity index (χ0) is 19.9. The fourth-order valence-corrected chi connectivity index (χ4v) is 2.31. The van der Waals surface area contributed by atoms with E-state index in [1.165, 1.54) is 18.2 Å². The number of rotatable bonds is 8. The molecule has 1 amide bonds. The summed E-state index contributed by atoms with van der Waals surface area (Å²) in [5, 5.41) is 2.67. The van der Waals surface area contributed by atoms with Gasteiger partial charge in [-0.05, 0) is 31.5 Å². The van der Waals surface area contributed by atoms with Crippen molar-refractivity contribution in [2.75, 3.05) is 6.61 Å². The van der Waals surface area contributed by atoms with E-state index in [-0.39, 0.29) is 18.3 Å². The average Bonchev–Trinajstić information content (AvgIpc) is 2.64. The number of nitrogens with one attached hydrogen (secondary N) is 1. The minimum atomic E-state index is -4.50. The van der Waals surface area contributed by atoms with E-state index in [0.717, 1.165) is 11.6 Å². The Morgan fingerprint density at radius 1 is 1.04 bits per heavy atom. The van der Waals surface area contributed by atoms with Crippen LogP contribution in [0, 0.1) is 0 Å². The fourth-order valence-electron chi connectivity index (χ4n) is 2.31. The normalized spacial score (nSPS) is 13.7. The summed E-state index contributed by atoms with van der Waals surface area (Å²) < 4.78 is 49.6. The van der Waals surface area contributed by atoms with Gasteiger partial charge in [-0.15, -0.1) is 0 Å². The van der Waals surface area contributed by atoms with Gasteiger partial charge in [0.25, 0.3) is 0 Å². The summed E-state index contributed by atoms with van der Waals surface area (Å²) in [6.45, 7) is 3.46. The van der Waals surface area contributed by atoms with Crippen LogP contribution in [0.3, 0.4) is 0 Å². The first-order valence-corrected chi connectivity index (χ1v) is 8.52. The van der Waals surface area contributed by atoms with Crippen molar-refractivity contribution in [2.45, 2.75) is 38.8 Å². The maximum Gasteiger partial charge on any atom is 0.419 e. The van der Waals surface area contributed by atoms with Crippen molar-refractivity contribution in [3.05, 3.63) is 65.7 Å². The van der Waals surface area contributed by atoms with Crippen LogP contribution in [0.1, 0.15) is 25.0 Å². The standard InChI is InChI=1S/C20H22F3NO3/c1-14(12-27-18-11-7-6-10-17(18)20(21,22)23)24-19(25)15(2)26-13-16-8-4-3-5-9-16/h3-11,14-15H,12-13H2,1-2H3,(H,24,25). The SMILES string of the molecule is CC(COc1ccccc1C(F)(F)F)NC(=O)C(C)OCc1ccccc1. The molecule has 4 nitrogen and oxygen atoms in total. The fraction of sp³-hybridized carbons (Fsp3) is 0.350. The molecule has 0 spiro atoms. The quantitative estimate of drug-likeness (QED) is 0.746. The van der Waals surface area contributed by atoms with Crippen LogP contribution in [-0.2, 0) is 22.3 Å². The second-order valence-electron chi connectivity index (χ2n) is 6.15. The molecule has 2 aromatic carbocycles. The van der Waals surface area contributed by atoms with Crippen LogP contribution in [-0.4, -0.2) is 24.7 Å². The summed E-state index contributed by atoms with van der Waals surface area (Å²) in [4.78, 5) is 12.1. The van der Waals surface area contributed by atoms with Crippen molar-refractivity contribution in [1.82, 2.24) is 5.32 Å². The molecule has 2 aromatic rings. The maximum absolute atomic E-state index is 12.9. The molecule has 27 heavy (non-hydrogen) atoms. The van der Waals surface area contributed by atoms with Crippen molar-refractivity contribution in [1.29, 1.82) is 0 Å². The Balaban J connectivity index is 1.81. The molecule has 0 saturated heterocycles. The lowest BCUT2D eigenvalue weighted by Gasteiger charge is -2.20. The van der Waals surface area contributed by atoms with Crippen LogP contribution < -0.4 is 10.1 Å². The molecule has 2 unspecified atom stereocenters. The van der Waals surface area contributed by atoms with E-state index in [0.29, 0.717) is 6.61 Å². The Morgan fingerprint density at radius 3 is 2.33 bits per heavy atom. The highest BCUT2D eigenvalue weighted by Crippen LogP contribution is 2.35. The number of para-hydroxylation sites is 1. The van der Waals surface area contributed by atoms with Crippen LogP contribution in [0.4, 0.5) is 13.2 Å². The van der Waals surface area contributed by atoms with Crippen LogP contribution >= 0.6 is 0 Å². The lowest BCUT2D eigenvalue weighted by atomic mass is 10.2. The molecule has 2 rings (SSSR count). The number of amides is 1. The van der Waals surface area contributed by atoms with Crippen molar-refractivity contribution in [3.8, 4) is 5.75 Å². The monoisotopic (exact) mass is 381 g/mol. The number of carbonyl (C=O) groups is 1. The number of halogens is 3. The van der Waals surface area contributed by atoms with Gasteiger partial charge >= 0.3 is 6.18 Å². The zero-order valence-electron chi connectivity index (χ0n) is 15.1. The number of hydrogen-bond acceptors (Lipinski definition) is 3. The van der Waals surface area contributed by atoms with Gasteiger partial charge in [-0.2, -0.15) is 13.2 Å². The molecule has 0 saturated carbocycles. The number of hydrogen-bond donors (Lipinski definition) is 1. The van der Waals surface area contributed by atoms with Crippen LogP contribution in [0.2, 0.25) is 0 Å². The topological polar surface area (TPSA) is 47.6 Å². The van der Waals surface area contributed by atoms with Gasteiger partial charge in [-0.1, -0.05) is 42.5 Å². The number of alkyl halides is 3. The molecule has 0 radical (unpaired) electrons. The van der Waals surface area contributed by atoms with E-state index in [1.807, 2.05) is 30.3 Å². The van der Waals surface area contributed by atoms with Crippen molar-refractivity contribution < 1.29 is 27.4 Å². The minimum absolute atomic E-state index is 0.0930.